The highest BCUT2D eigenvalue weighted by Crippen LogP contribution is 2.12. The van der Waals surface area contributed by atoms with E-state index < -0.39 is 6.29 Å². The summed E-state index contributed by atoms with van der Waals surface area (Å²) in [4.78, 5) is 0. The minimum atomic E-state index is -0.591. The summed E-state index contributed by atoms with van der Waals surface area (Å²) in [5, 5.41) is 0. The number of rotatable bonds is 5. The fourth-order valence-corrected chi connectivity index (χ4v) is 1.08. The third-order valence-corrected chi connectivity index (χ3v) is 1.91. The van der Waals surface area contributed by atoms with Crippen molar-refractivity contribution >= 4 is 0 Å². The molecule has 1 rings (SSSR count). The van der Waals surface area contributed by atoms with Crippen LogP contribution in [0.4, 0.5) is 0 Å². The Morgan fingerprint density at radius 1 is 1.27 bits per heavy atom. The molecule has 0 N–H and O–H groups in total. The van der Waals surface area contributed by atoms with Gasteiger partial charge in [0, 0.05) is 7.11 Å². The molecule has 0 bridgehead atoms. The zero-order valence-electron chi connectivity index (χ0n) is 8.90. The molecule has 0 heterocycles. The Morgan fingerprint density at radius 2 is 1.93 bits per heavy atom. The van der Waals surface area contributed by atoms with Crippen LogP contribution in [-0.2, 0) is 16.1 Å². The van der Waals surface area contributed by atoms with Crippen LogP contribution < -0.4 is 4.74 Å². The lowest BCUT2D eigenvalue weighted by Gasteiger charge is -2.10. The van der Waals surface area contributed by atoms with Crippen molar-refractivity contribution in [1.29, 1.82) is 0 Å². The number of terminal acetylenes is 1. The highest BCUT2D eigenvalue weighted by molar-refractivity contribution is 5.26. The van der Waals surface area contributed by atoms with Gasteiger partial charge in [0.15, 0.2) is 0 Å². The van der Waals surface area contributed by atoms with Crippen LogP contribution in [0.25, 0.3) is 0 Å². The van der Waals surface area contributed by atoms with Crippen LogP contribution in [0.5, 0.6) is 5.75 Å². The Kier molecular flexibility index (Phi) is 4.69. The summed E-state index contributed by atoms with van der Waals surface area (Å²) >= 11 is 0. The normalized spacial score (nSPS) is 11.8. The topological polar surface area (TPSA) is 27.7 Å². The molecule has 15 heavy (non-hydrogen) atoms. The monoisotopic (exact) mass is 206 g/mol. The van der Waals surface area contributed by atoms with Gasteiger partial charge in [0.1, 0.15) is 5.75 Å². The standard InChI is InChI=1S/C12H14O3/c1-4-12(14-3)15-9-10-5-7-11(13-2)8-6-10/h1,5-8,12H,9H2,2-3H3. The van der Waals surface area contributed by atoms with Gasteiger partial charge in [-0.05, 0) is 23.6 Å². The first-order valence-corrected chi connectivity index (χ1v) is 4.53. The van der Waals surface area contributed by atoms with Gasteiger partial charge >= 0.3 is 0 Å². The van der Waals surface area contributed by atoms with Crippen molar-refractivity contribution in [3.8, 4) is 18.1 Å². The second-order valence-corrected chi connectivity index (χ2v) is 2.89. The van der Waals surface area contributed by atoms with Crippen LogP contribution in [0.2, 0.25) is 0 Å². The van der Waals surface area contributed by atoms with E-state index >= 15 is 0 Å². The molecule has 1 atom stereocenters. The first-order valence-electron chi connectivity index (χ1n) is 4.53. The van der Waals surface area contributed by atoms with Crippen molar-refractivity contribution in [1.82, 2.24) is 0 Å². The minimum absolute atomic E-state index is 0.423. The predicted molar refractivity (Wildman–Crippen MR) is 57.4 cm³/mol. The van der Waals surface area contributed by atoms with Crippen LogP contribution in [0, 0.1) is 12.3 Å². The lowest BCUT2D eigenvalue weighted by Crippen LogP contribution is -2.12. The summed E-state index contributed by atoms with van der Waals surface area (Å²) in [6.45, 7) is 0.423. The summed E-state index contributed by atoms with van der Waals surface area (Å²) < 4.78 is 15.2. The maximum absolute atomic E-state index is 5.30. The Morgan fingerprint density at radius 3 is 2.40 bits per heavy atom. The average Bonchev–Trinajstić information content (AvgIpc) is 2.31. The van der Waals surface area contributed by atoms with Gasteiger partial charge in [-0.15, -0.1) is 6.42 Å². The molecule has 0 aliphatic carbocycles. The molecule has 1 aromatic carbocycles. The molecule has 3 nitrogen and oxygen atoms in total. The molecule has 0 aliphatic heterocycles. The quantitative estimate of drug-likeness (QED) is 0.543. The maximum Gasteiger partial charge on any atom is 0.222 e. The van der Waals surface area contributed by atoms with Gasteiger partial charge in [-0.2, -0.15) is 0 Å². The second-order valence-electron chi connectivity index (χ2n) is 2.89. The lowest BCUT2D eigenvalue weighted by atomic mass is 10.2. The number of benzene rings is 1. The van der Waals surface area contributed by atoms with Gasteiger partial charge in [0.05, 0.1) is 13.7 Å². The summed E-state index contributed by atoms with van der Waals surface area (Å²) in [5.74, 6) is 3.19. The van der Waals surface area contributed by atoms with E-state index in [1.54, 1.807) is 7.11 Å². The van der Waals surface area contributed by atoms with Crippen molar-refractivity contribution in [2.75, 3.05) is 14.2 Å². The van der Waals surface area contributed by atoms with E-state index in [1.807, 2.05) is 24.3 Å². The van der Waals surface area contributed by atoms with E-state index in [9.17, 15) is 0 Å². The van der Waals surface area contributed by atoms with Crippen molar-refractivity contribution in [2.24, 2.45) is 0 Å². The fourth-order valence-electron chi connectivity index (χ4n) is 1.08. The molecule has 0 fully saturated rings. The average molecular weight is 206 g/mol. The predicted octanol–water partition coefficient (Wildman–Crippen LogP) is 1.82. The van der Waals surface area contributed by atoms with E-state index in [4.69, 9.17) is 20.6 Å². The molecule has 0 saturated heterocycles. The molecule has 3 heteroatoms. The smallest absolute Gasteiger partial charge is 0.222 e. The van der Waals surface area contributed by atoms with Gasteiger partial charge in [-0.25, -0.2) is 0 Å². The van der Waals surface area contributed by atoms with Gasteiger partial charge in [0.2, 0.25) is 6.29 Å². The van der Waals surface area contributed by atoms with E-state index in [-0.39, 0.29) is 0 Å². The fraction of sp³-hybridized carbons (Fsp3) is 0.333. The molecule has 1 aromatic rings. The summed E-state index contributed by atoms with van der Waals surface area (Å²) in [5.41, 5.74) is 1.02. The van der Waals surface area contributed by atoms with Crippen molar-refractivity contribution in [2.45, 2.75) is 12.9 Å². The first-order chi connectivity index (χ1) is 7.30. The van der Waals surface area contributed by atoms with Gasteiger partial charge < -0.3 is 14.2 Å². The van der Waals surface area contributed by atoms with Crippen molar-refractivity contribution < 1.29 is 14.2 Å². The zero-order chi connectivity index (χ0) is 11.1. The number of methoxy groups -OCH3 is 2. The molecule has 0 radical (unpaired) electrons. The Balaban J connectivity index is 2.48. The molecule has 0 amide bonds. The maximum atomic E-state index is 5.30. The van der Waals surface area contributed by atoms with Gasteiger partial charge in [0.25, 0.3) is 0 Å². The van der Waals surface area contributed by atoms with E-state index in [0.29, 0.717) is 6.61 Å². The molecular formula is C12H14O3. The first kappa shape index (κ1) is 11.6. The summed E-state index contributed by atoms with van der Waals surface area (Å²) in [6, 6.07) is 7.58. The van der Waals surface area contributed by atoms with Crippen LogP contribution in [0.3, 0.4) is 0 Å². The van der Waals surface area contributed by atoms with Gasteiger partial charge in [-0.3, -0.25) is 0 Å². The van der Waals surface area contributed by atoms with E-state index in [2.05, 4.69) is 5.92 Å². The van der Waals surface area contributed by atoms with Crippen LogP contribution in [0.1, 0.15) is 5.56 Å². The molecule has 1 unspecified atom stereocenters. The van der Waals surface area contributed by atoms with Crippen molar-refractivity contribution in [3.05, 3.63) is 29.8 Å². The Labute approximate surface area is 90.0 Å². The third-order valence-electron chi connectivity index (χ3n) is 1.91. The number of hydrogen-bond acceptors (Lipinski definition) is 3. The molecule has 0 spiro atoms. The Hall–Kier alpha value is -1.50. The van der Waals surface area contributed by atoms with Gasteiger partial charge in [-0.1, -0.05) is 12.1 Å². The molecule has 0 aromatic heterocycles. The van der Waals surface area contributed by atoms with E-state index in [1.165, 1.54) is 7.11 Å². The molecule has 80 valence electrons. The summed E-state index contributed by atoms with van der Waals surface area (Å²) in [7, 11) is 3.14. The molecule has 0 saturated carbocycles. The lowest BCUT2D eigenvalue weighted by molar-refractivity contribution is -0.0920. The van der Waals surface area contributed by atoms with Crippen molar-refractivity contribution in [3.63, 3.8) is 0 Å². The highest BCUT2D eigenvalue weighted by atomic mass is 16.7. The summed E-state index contributed by atoms with van der Waals surface area (Å²) in [6.07, 6.45) is 4.58. The Bertz CT molecular complexity index is 324. The number of hydrogen-bond donors (Lipinski definition) is 0. The number of ether oxygens (including phenoxy) is 3. The van der Waals surface area contributed by atoms with E-state index in [0.717, 1.165) is 11.3 Å². The molecular weight excluding hydrogens is 192 g/mol. The second kappa shape index (κ2) is 6.07. The van der Waals surface area contributed by atoms with Crippen LogP contribution in [0.15, 0.2) is 24.3 Å². The SMILES string of the molecule is C#CC(OC)OCc1ccc(OC)cc1. The third kappa shape index (κ3) is 3.62. The minimum Gasteiger partial charge on any atom is -0.497 e. The zero-order valence-corrected chi connectivity index (χ0v) is 8.90. The van der Waals surface area contributed by atoms with Crippen LogP contribution in [-0.4, -0.2) is 20.5 Å². The largest absolute Gasteiger partial charge is 0.497 e. The van der Waals surface area contributed by atoms with Crippen LogP contribution >= 0.6 is 0 Å². The molecule has 0 aliphatic rings. The highest BCUT2D eigenvalue weighted by Gasteiger charge is 2.02.